The molecule has 2 unspecified atom stereocenters. The number of esters is 1. The molecule has 0 aliphatic carbocycles. The number of carbonyl (C=O) groups excluding carboxylic acids is 1. The Morgan fingerprint density at radius 3 is 2.54 bits per heavy atom. The van der Waals surface area contributed by atoms with E-state index in [0.29, 0.717) is 34.3 Å². The maximum absolute atomic E-state index is 12.6. The van der Waals surface area contributed by atoms with Crippen LogP contribution in [-0.2, 0) is 9.53 Å². The summed E-state index contributed by atoms with van der Waals surface area (Å²) in [4.78, 5) is 25.1. The third-order valence-corrected chi connectivity index (χ3v) is 4.73. The van der Waals surface area contributed by atoms with E-state index in [1.165, 1.54) is 21.3 Å². The standard InChI is InChI=1S/C19H18O9/c1-8-5-10-13(18(20)27-8)12(16(28-10)19(21)24-4)9-6-11(22-2)15-17(14(9)23-3)26-7-25-15/h5-6,12,16H,7H2,1-4H3. The summed E-state index contributed by atoms with van der Waals surface area (Å²) < 4.78 is 37.8. The number of aryl methyl sites for hydroxylation is 1. The molecule has 2 aliphatic heterocycles. The lowest BCUT2D eigenvalue weighted by Crippen LogP contribution is -2.32. The number of benzene rings is 1. The van der Waals surface area contributed by atoms with Gasteiger partial charge in [-0.15, -0.1) is 0 Å². The van der Waals surface area contributed by atoms with Crippen molar-refractivity contribution in [2.45, 2.75) is 18.9 Å². The SMILES string of the molecule is COC(=O)C1Oc2cc(C)oc(=O)c2C1c1cc(OC)c2c(c1OC)OCO2. The van der Waals surface area contributed by atoms with Crippen LogP contribution in [0.25, 0.3) is 0 Å². The number of rotatable bonds is 4. The third-order valence-electron chi connectivity index (χ3n) is 4.73. The van der Waals surface area contributed by atoms with E-state index in [2.05, 4.69) is 0 Å². The molecule has 0 radical (unpaired) electrons. The first-order valence-corrected chi connectivity index (χ1v) is 8.43. The summed E-state index contributed by atoms with van der Waals surface area (Å²) in [6.07, 6.45) is -1.11. The van der Waals surface area contributed by atoms with Crippen LogP contribution in [0.3, 0.4) is 0 Å². The predicted octanol–water partition coefficient (Wildman–Crippen LogP) is 1.76. The lowest BCUT2D eigenvalue weighted by atomic mass is 9.87. The van der Waals surface area contributed by atoms with E-state index in [9.17, 15) is 9.59 Å². The third kappa shape index (κ3) is 2.54. The van der Waals surface area contributed by atoms with Crippen molar-refractivity contribution in [1.29, 1.82) is 0 Å². The quantitative estimate of drug-likeness (QED) is 0.723. The van der Waals surface area contributed by atoms with Crippen LogP contribution in [-0.4, -0.2) is 40.2 Å². The molecule has 2 aliphatic rings. The highest BCUT2D eigenvalue weighted by Gasteiger charge is 2.46. The van der Waals surface area contributed by atoms with Gasteiger partial charge in [-0.3, -0.25) is 0 Å². The van der Waals surface area contributed by atoms with Crippen molar-refractivity contribution >= 4 is 5.97 Å². The van der Waals surface area contributed by atoms with Crippen LogP contribution in [0, 0.1) is 6.92 Å². The highest BCUT2D eigenvalue weighted by Crippen LogP contribution is 2.54. The zero-order chi connectivity index (χ0) is 20.0. The van der Waals surface area contributed by atoms with Crippen LogP contribution in [0.4, 0.5) is 0 Å². The normalized spacial score (nSPS) is 19.0. The van der Waals surface area contributed by atoms with Gasteiger partial charge >= 0.3 is 11.6 Å². The van der Waals surface area contributed by atoms with E-state index in [1.54, 1.807) is 19.1 Å². The van der Waals surface area contributed by atoms with Gasteiger partial charge in [-0.2, -0.15) is 0 Å². The zero-order valence-electron chi connectivity index (χ0n) is 15.7. The number of hydrogen-bond acceptors (Lipinski definition) is 9. The minimum Gasteiger partial charge on any atom is -0.493 e. The maximum Gasteiger partial charge on any atom is 0.348 e. The molecule has 1 aromatic carbocycles. The fourth-order valence-corrected chi connectivity index (χ4v) is 3.57. The van der Waals surface area contributed by atoms with Crippen LogP contribution >= 0.6 is 0 Å². The van der Waals surface area contributed by atoms with Crippen molar-refractivity contribution in [2.75, 3.05) is 28.1 Å². The summed E-state index contributed by atoms with van der Waals surface area (Å²) >= 11 is 0. The van der Waals surface area contributed by atoms with Gasteiger partial charge in [-0.25, -0.2) is 9.59 Å². The fraction of sp³-hybridized carbons (Fsp3) is 0.368. The molecule has 9 nitrogen and oxygen atoms in total. The highest BCUT2D eigenvalue weighted by atomic mass is 16.7. The van der Waals surface area contributed by atoms with Gasteiger partial charge in [0.1, 0.15) is 11.5 Å². The first-order chi connectivity index (χ1) is 13.5. The van der Waals surface area contributed by atoms with Gasteiger partial charge in [-0.1, -0.05) is 0 Å². The number of ether oxygens (including phenoxy) is 6. The predicted molar refractivity (Wildman–Crippen MR) is 93.7 cm³/mol. The molecule has 148 valence electrons. The molecular formula is C19H18O9. The van der Waals surface area contributed by atoms with Crippen molar-refractivity contribution < 1.29 is 37.6 Å². The molecule has 4 rings (SSSR count). The average Bonchev–Trinajstić information content (AvgIpc) is 3.30. The van der Waals surface area contributed by atoms with Gasteiger partial charge in [0.15, 0.2) is 11.5 Å². The van der Waals surface area contributed by atoms with Crippen LogP contribution < -0.4 is 29.3 Å². The first kappa shape index (κ1) is 18.0. The number of carbonyl (C=O) groups is 1. The minimum absolute atomic E-state index is 0.00890. The lowest BCUT2D eigenvalue weighted by Gasteiger charge is -2.21. The maximum atomic E-state index is 12.6. The van der Waals surface area contributed by atoms with E-state index in [1.807, 2.05) is 0 Å². The first-order valence-electron chi connectivity index (χ1n) is 8.43. The van der Waals surface area contributed by atoms with E-state index in [4.69, 9.17) is 32.8 Å². The van der Waals surface area contributed by atoms with Crippen molar-refractivity contribution in [1.82, 2.24) is 0 Å². The second-order valence-corrected chi connectivity index (χ2v) is 6.23. The summed E-state index contributed by atoms with van der Waals surface area (Å²) in [5, 5.41) is 0. The Balaban J connectivity index is 1.99. The Bertz CT molecular complexity index is 1010. The molecule has 1 aromatic heterocycles. The summed E-state index contributed by atoms with van der Waals surface area (Å²) in [5.74, 6) is 0.518. The molecule has 2 atom stereocenters. The minimum atomic E-state index is -1.11. The second-order valence-electron chi connectivity index (χ2n) is 6.23. The number of hydrogen-bond donors (Lipinski definition) is 0. The molecule has 0 saturated carbocycles. The van der Waals surface area contributed by atoms with E-state index < -0.39 is 23.6 Å². The van der Waals surface area contributed by atoms with Gasteiger partial charge < -0.3 is 32.8 Å². The van der Waals surface area contributed by atoms with Crippen LogP contribution in [0.15, 0.2) is 21.3 Å². The molecule has 9 heteroatoms. The summed E-state index contributed by atoms with van der Waals surface area (Å²) in [5.41, 5.74) is 0.0409. The fourth-order valence-electron chi connectivity index (χ4n) is 3.57. The largest absolute Gasteiger partial charge is 0.493 e. The molecule has 0 N–H and O–H groups in total. The molecule has 0 saturated heterocycles. The van der Waals surface area contributed by atoms with Crippen LogP contribution in [0.1, 0.15) is 22.8 Å². The van der Waals surface area contributed by atoms with Gasteiger partial charge in [0.25, 0.3) is 0 Å². The van der Waals surface area contributed by atoms with E-state index >= 15 is 0 Å². The number of methoxy groups -OCH3 is 3. The van der Waals surface area contributed by atoms with Crippen LogP contribution in [0.5, 0.6) is 28.7 Å². The van der Waals surface area contributed by atoms with Crippen molar-refractivity contribution in [3.63, 3.8) is 0 Å². The Morgan fingerprint density at radius 1 is 1.11 bits per heavy atom. The van der Waals surface area contributed by atoms with Crippen molar-refractivity contribution in [2.24, 2.45) is 0 Å². The molecule has 28 heavy (non-hydrogen) atoms. The van der Waals surface area contributed by atoms with E-state index in [0.717, 1.165) is 0 Å². The zero-order valence-corrected chi connectivity index (χ0v) is 15.7. The Kier molecular flexibility index (Phi) is 4.29. The molecule has 0 bridgehead atoms. The smallest absolute Gasteiger partial charge is 0.348 e. The van der Waals surface area contributed by atoms with Gasteiger partial charge in [0.05, 0.1) is 32.8 Å². The topological polar surface area (TPSA) is 103 Å². The van der Waals surface area contributed by atoms with Gasteiger partial charge in [-0.05, 0) is 13.0 Å². The molecule has 0 amide bonds. The number of fused-ring (bicyclic) bond motifs is 2. The Labute approximate surface area is 159 Å². The van der Waals surface area contributed by atoms with Crippen molar-refractivity contribution in [3.8, 4) is 28.7 Å². The lowest BCUT2D eigenvalue weighted by molar-refractivity contribution is -0.148. The molecule has 2 aromatic rings. The average molecular weight is 390 g/mol. The molecule has 0 spiro atoms. The summed E-state index contributed by atoms with van der Waals surface area (Å²) in [6, 6.07) is 3.19. The Hall–Kier alpha value is -3.36. The molecular weight excluding hydrogens is 372 g/mol. The molecule has 0 fully saturated rings. The van der Waals surface area contributed by atoms with Gasteiger partial charge in [0, 0.05) is 11.6 Å². The van der Waals surface area contributed by atoms with E-state index in [-0.39, 0.29) is 18.1 Å². The molecule has 3 heterocycles. The van der Waals surface area contributed by atoms with Gasteiger partial charge in [0.2, 0.25) is 24.4 Å². The monoisotopic (exact) mass is 390 g/mol. The van der Waals surface area contributed by atoms with Crippen LogP contribution in [0.2, 0.25) is 0 Å². The van der Waals surface area contributed by atoms with Crippen molar-refractivity contribution in [3.05, 3.63) is 39.4 Å². The Morgan fingerprint density at radius 2 is 1.86 bits per heavy atom. The highest BCUT2D eigenvalue weighted by molar-refractivity contribution is 5.80. The summed E-state index contributed by atoms with van der Waals surface area (Å²) in [6.45, 7) is 1.61. The second kappa shape index (κ2) is 6.66. The summed E-state index contributed by atoms with van der Waals surface area (Å²) in [7, 11) is 4.17.